The van der Waals surface area contributed by atoms with Gasteiger partial charge in [0.1, 0.15) is 18.4 Å². The Labute approximate surface area is 140 Å². The van der Waals surface area contributed by atoms with E-state index in [0.29, 0.717) is 18.4 Å². The molecular weight excluding hydrogens is 314 g/mol. The molecule has 3 unspecified atom stereocenters. The number of aryl methyl sites for hydroxylation is 1. The highest BCUT2D eigenvalue weighted by atomic mass is 16.6. The quantitative estimate of drug-likeness (QED) is 0.554. The van der Waals surface area contributed by atoms with Crippen LogP contribution in [-0.2, 0) is 14.3 Å². The second kappa shape index (κ2) is 8.25. The lowest BCUT2D eigenvalue weighted by Gasteiger charge is -2.17. The Kier molecular flexibility index (Phi) is 6.33. The van der Waals surface area contributed by atoms with Crippen molar-refractivity contribution >= 4 is 5.97 Å². The molecule has 0 saturated carbocycles. The van der Waals surface area contributed by atoms with Crippen LogP contribution in [0.4, 0.5) is 0 Å². The number of ether oxygens (including phenoxy) is 2. The average molecular weight is 339 g/mol. The van der Waals surface area contributed by atoms with Crippen molar-refractivity contribution in [1.29, 1.82) is 0 Å². The van der Waals surface area contributed by atoms with E-state index >= 15 is 0 Å². The van der Waals surface area contributed by atoms with E-state index in [0.717, 1.165) is 19.3 Å². The van der Waals surface area contributed by atoms with E-state index in [1.54, 1.807) is 6.92 Å². The summed E-state index contributed by atoms with van der Waals surface area (Å²) >= 11 is 0. The molecule has 0 aromatic carbocycles. The Balaban J connectivity index is 2.06. The second-order valence-corrected chi connectivity index (χ2v) is 6.06. The van der Waals surface area contributed by atoms with Crippen LogP contribution in [-0.4, -0.2) is 34.3 Å². The summed E-state index contributed by atoms with van der Waals surface area (Å²) < 4.78 is 12.5. The molecule has 2 rings (SSSR count). The molecule has 0 radical (unpaired) electrons. The maximum Gasteiger partial charge on any atom is 0.330 e. The second-order valence-electron chi connectivity index (χ2n) is 6.06. The van der Waals surface area contributed by atoms with E-state index in [2.05, 4.69) is 11.9 Å². The summed E-state index contributed by atoms with van der Waals surface area (Å²) in [6, 6.07) is 0. The van der Waals surface area contributed by atoms with Gasteiger partial charge in [0.05, 0.1) is 0 Å². The van der Waals surface area contributed by atoms with Crippen molar-refractivity contribution < 1.29 is 14.3 Å². The molecule has 0 bridgehead atoms. The van der Waals surface area contributed by atoms with E-state index in [4.69, 9.17) is 15.2 Å². The Morgan fingerprint density at radius 2 is 2.21 bits per heavy atom. The highest BCUT2D eigenvalue weighted by Crippen LogP contribution is 2.29. The van der Waals surface area contributed by atoms with E-state index in [-0.39, 0.29) is 12.5 Å². The molecule has 8 heteroatoms. The lowest BCUT2D eigenvalue weighted by atomic mass is 10.1. The summed E-state index contributed by atoms with van der Waals surface area (Å²) in [7, 11) is 0. The first-order valence-corrected chi connectivity index (χ1v) is 8.33. The molecule has 3 N–H and O–H groups in total. The van der Waals surface area contributed by atoms with Gasteiger partial charge in [-0.1, -0.05) is 19.8 Å². The largest absolute Gasteiger partial charge is 0.459 e. The zero-order chi connectivity index (χ0) is 17.7. The molecule has 2 heterocycles. The maximum absolute atomic E-state index is 12.0. The van der Waals surface area contributed by atoms with Gasteiger partial charge in [0.2, 0.25) is 0 Å². The molecule has 3 atom stereocenters. The van der Waals surface area contributed by atoms with Crippen LogP contribution in [0, 0.1) is 6.92 Å². The molecular formula is C16H25N3O5. The number of hydrogen-bond donors (Lipinski definition) is 2. The van der Waals surface area contributed by atoms with Crippen LogP contribution in [0.25, 0.3) is 0 Å². The fourth-order valence-electron chi connectivity index (χ4n) is 2.75. The van der Waals surface area contributed by atoms with Crippen molar-refractivity contribution in [2.24, 2.45) is 5.73 Å². The van der Waals surface area contributed by atoms with Crippen molar-refractivity contribution in [2.45, 2.75) is 64.4 Å². The van der Waals surface area contributed by atoms with E-state index in [1.807, 2.05) is 0 Å². The Morgan fingerprint density at radius 3 is 2.88 bits per heavy atom. The first-order valence-electron chi connectivity index (χ1n) is 8.33. The summed E-state index contributed by atoms with van der Waals surface area (Å²) in [6.07, 6.45) is 3.36. The van der Waals surface area contributed by atoms with Crippen LogP contribution >= 0.6 is 0 Å². The number of hydrogen-bond acceptors (Lipinski definition) is 6. The van der Waals surface area contributed by atoms with E-state index in [1.165, 1.54) is 10.8 Å². The van der Waals surface area contributed by atoms with Gasteiger partial charge in [-0.3, -0.25) is 19.1 Å². The van der Waals surface area contributed by atoms with Crippen LogP contribution in [0.15, 0.2) is 15.8 Å². The standard InChI is InChI=1S/C16H25N3O5/c1-3-4-5-6-14(20)24-11-7-13(23-12(11)8-17)19-9-10(2)15(21)18-16(19)22/h9,11-13H,3-8,17H2,1-2H3,(H,18,21,22). The number of unbranched alkanes of at least 4 members (excludes halogenated alkanes) is 2. The van der Waals surface area contributed by atoms with Crippen LogP contribution in [0.5, 0.6) is 0 Å². The minimum atomic E-state index is -0.616. The number of nitrogens with two attached hydrogens (primary N) is 1. The molecule has 1 aromatic rings. The van der Waals surface area contributed by atoms with Gasteiger partial charge >= 0.3 is 11.7 Å². The zero-order valence-electron chi connectivity index (χ0n) is 14.1. The number of aromatic nitrogens is 2. The van der Waals surface area contributed by atoms with Gasteiger partial charge < -0.3 is 15.2 Å². The van der Waals surface area contributed by atoms with Gasteiger partial charge in [0.25, 0.3) is 5.56 Å². The van der Waals surface area contributed by atoms with Crippen LogP contribution in [0.1, 0.15) is 50.8 Å². The van der Waals surface area contributed by atoms with Crippen molar-refractivity contribution in [2.75, 3.05) is 6.54 Å². The smallest absolute Gasteiger partial charge is 0.330 e. The molecule has 0 amide bonds. The van der Waals surface area contributed by atoms with Gasteiger partial charge in [-0.25, -0.2) is 4.79 Å². The minimum absolute atomic E-state index is 0.181. The predicted molar refractivity (Wildman–Crippen MR) is 87.7 cm³/mol. The molecule has 0 aliphatic carbocycles. The Bertz CT molecular complexity index is 681. The Hall–Kier alpha value is -1.93. The fraction of sp³-hybridized carbons (Fsp3) is 0.688. The normalized spacial score (nSPS) is 23.4. The molecule has 8 nitrogen and oxygen atoms in total. The zero-order valence-corrected chi connectivity index (χ0v) is 14.1. The number of H-pyrrole nitrogens is 1. The van der Waals surface area contributed by atoms with Crippen LogP contribution < -0.4 is 17.0 Å². The number of rotatable bonds is 7. The highest BCUT2D eigenvalue weighted by Gasteiger charge is 2.38. The van der Waals surface area contributed by atoms with Crippen molar-refractivity contribution in [3.8, 4) is 0 Å². The number of nitrogens with zero attached hydrogens (tertiary/aromatic N) is 1. The lowest BCUT2D eigenvalue weighted by molar-refractivity contribution is -0.151. The van der Waals surface area contributed by atoms with Gasteiger partial charge in [-0.05, 0) is 13.3 Å². The third-order valence-electron chi connectivity index (χ3n) is 4.14. The topological polar surface area (TPSA) is 116 Å². The first-order chi connectivity index (χ1) is 11.5. The maximum atomic E-state index is 12.0. The molecule has 134 valence electrons. The van der Waals surface area contributed by atoms with Crippen molar-refractivity contribution in [3.05, 3.63) is 32.6 Å². The Morgan fingerprint density at radius 1 is 1.46 bits per heavy atom. The summed E-state index contributed by atoms with van der Waals surface area (Å²) in [4.78, 5) is 37.6. The lowest BCUT2D eigenvalue weighted by Crippen LogP contribution is -2.34. The van der Waals surface area contributed by atoms with Gasteiger partial charge in [0.15, 0.2) is 0 Å². The summed E-state index contributed by atoms with van der Waals surface area (Å²) in [5.74, 6) is -0.277. The SMILES string of the molecule is CCCCCC(=O)OC1CC(n2cc(C)c(=O)[nH]c2=O)OC1CN. The predicted octanol–water partition coefficient (Wildman–Crippen LogP) is 0.583. The molecule has 1 aliphatic heterocycles. The molecule has 24 heavy (non-hydrogen) atoms. The molecule has 1 aromatic heterocycles. The van der Waals surface area contributed by atoms with Crippen molar-refractivity contribution in [1.82, 2.24) is 9.55 Å². The van der Waals surface area contributed by atoms with Crippen molar-refractivity contribution in [3.63, 3.8) is 0 Å². The minimum Gasteiger partial charge on any atom is -0.459 e. The third kappa shape index (κ3) is 4.33. The van der Waals surface area contributed by atoms with Crippen LogP contribution in [0.3, 0.4) is 0 Å². The fourth-order valence-corrected chi connectivity index (χ4v) is 2.75. The number of nitrogens with one attached hydrogen (secondary N) is 1. The first kappa shape index (κ1) is 18.4. The molecule has 1 aliphatic rings. The molecule has 1 fully saturated rings. The van der Waals surface area contributed by atoms with Gasteiger partial charge in [-0.15, -0.1) is 0 Å². The summed E-state index contributed by atoms with van der Waals surface area (Å²) in [6.45, 7) is 3.85. The summed E-state index contributed by atoms with van der Waals surface area (Å²) in [5.41, 5.74) is 5.12. The highest BCUT2D eigenvalue weighted by molar-refractivity contribution is 5.69. The van der Waals surface area contributed by atoms with Crippen LogP contribution in [0.2, 0.25) is 0 Å². The van der Waals surface area contributed by atoms with E-state index in [9.17, 15) is 14.4 Å². The van der Waals surface area contributed by atoms with Gasteiger partial charge in [-0.2, -0.15) is 0 Å². The number of aromatic amines is 1. The van der Waals surface area contributed by atoms with E-state index < -0.39 is 29.7 Å². The average Bonchev–Trinajstić information content (AvgIpc) is 2.93. The number of carbonyl (C=O) groups is 1. The monoisotopic (exact) mass is 339 g/mol. The summed E-state index contributed by atoms with van der Waals surface area (Å²) in [5, 5.41) is 0. The van der Waals surface area contributed by atoms with Gasteiger partial charge in [0, 0.05) is 31.1 Å². The number of esters is 1. The molecule has 1 saturated heterocycles. The third-order valence-corrected chi connectivity index (χ3v) is 4.14. The molecule has 0 spiro atoms. The number of carbonyl (C=O) groups excluding carboxylic acids is 1.